The smallest absolute Gasteiger partial charge is 0.410 e. The monoisotopic (exact) mass is 305 g/mol. The molecule has 0 spiro atoms. The highest BCUT2D eigenvalue weighted by Gasteiger charge is 2.38. The number of pyridine rings is 1. The quantitative estimate of drug-likeness (QED) is 0.866. The van der Waals surface area contributed by atoms with Crippen LogP contribution in [0.1, 0.15) is 18.4 Å². The van der Waals surface area contributed by atoms with Gasteiger partial charge in [-0.25, -0.2) is 4.79 Å². The van der Waals surface area contributed by atoms with Gasteiger partial charge in [-0.3, -0.25) is 14.7 Å². The molecule has 2 aliphatic heterocycles. The molecular weight excluding hydrogens is 286 g/mol. The Labute approximate surface area is 128 Å². The first-order valence-electron chi connectivity index (χ1n) is 7.45. The van der Waals surface area contributed by atoms with E-state index in [0.29, 0.717) is 13.1 Å². The van der Waals surface area contributed by atoms with Gasteiger partial charge in [0.1, 0.15) is 12.6 Å². The van der Waals surface area contributed by atoms with E-state index in [2.05, 4.69) is 10.3 Å². The number of rotatable bonds is 5. The molecule has 3 heterocycles. The SMILES string of the molecule is O=C(NCC1CCCO1)[C@@H]1COC(=O)N1Cc1ccncc1. The summed E-state index contributed by atoms with van der Waals surface area (Å²) in [7, 11) is 0. The zero-order chi connectivity index (χ0) is 15.4. The summed E-state index contributed by atoms with van der Waals surface area (Å²) in [6, 6.07) is 3.03. The fourth-order valence-electron chi connectivity index (χ4n) is 2.66. The van der Waals surface area contributed by atoms with Crippen LogP contribution in [0, 0.1) is 0 Å². The largest absolute Gasteiger partial charge is 0.447 e. The van der Waals surface area contributed by atoms with E-state index in [4.69, 9.17) is 9.47 Å². The minimum atomic E-state index is -0.595. The zero-order valence-electron chi connectivity index (χ0n) is 12.2. The van der Waals surface area contributed by atoms with Crippen LogP contribution in [-0.2, 0) is 20.8 Å². The van der Waals surface area contributed by atoms with Crippen molar-refractivity contribution in [3.63, 3.8) is 0 Å². The number of hydrogen-bond donors (Lipinski definition) is 1. The number of hydrogen-bond acceptors (Lipinski definition) is 5. The van der Waals surface area contributed by atoms with Crippen LogP contribution in [0.3, 0.4) is 0 Å². The average molecular weight is 305 g/mol. The highest BCUT2D eigenvalue weighted by atomic mass is 16.6. The predicted octanol–water partition coefficient (Wildman–Crippen LogP) is 0.698. The Morgan fingerprint density at radius 2 is 2.23 bits per heavy atom. The Hall–Kier alpha value is -2.15. The Bertz CT molecular complexity index is 531. The van der Waals surface area contributed by atoms with Gasteiger partial charge in [-0.1, -0.05) is 0 Å². The van der Waals surface area contributed by atoms with E-state index in [1.165, 1.54) is 4.90 Å². The molecule has 2 amide bonds. The van der Waals surface area contributed by atoms with Crippen LogP contribution >= 0.6 is 0 Å². The first-order chi connectivity index (χ1) is 10.7. The number of cyclic esters (lactones) is 1. The van der Waals surface area contributed by atoms with Gasteiger partial charge >= 0.3 is 6.09 Å². The first-order valence-corrected chi connectivity index (χ1v) is 7.45. The molecule has 22 heavy (non-hydrogen) atoms. The van der Waals surface area contributed by atoms with E-state index >= 15 is 0 Å². The fourth-order valence-corrected chi connectivity index (χ4v) is 2.66. The molecule has 1 N–H and O–H groups in total. The molecule has 1 unspecified atom stereocenters. The number of amides is 2. The topological polar surface area (TPSA) is 80.8 Å². The summed E-state index contributed by atoms with van der Waals surface area (Å²) in [6.45, 7) is 1.65. The van der Waals surface area contributed by atoms with Crippen molar-refractivity contribution in [3.8, 4) is 0 Å². The van der Waals surface area contributed by atoms with Gasteiger partial charge in [0.2, 0.25) is 5.91 Å². The summed E-state index contributed by atoms with van der Waals surface area (Å²) in [5.74, 6) is -0.199. The molecule has 7 nitrogen and oxygen atoms in total. The molecule has 0 bridgehead atoms. The van der Waals surface area contributed by atoms with E-state index in [9.17, 15) is 9.59 Å². The zero-order valence-corrected chi connectivity index (χ0v) is 12.2. The molecule has 1 aromatic rings. The summed E-state index contributed by atoms with van der Waals surface area (Å²) in [5.41, 5.74) is 0.908. The summed E-state index contributed by atoms with van der Waals surface area (Å²) in [5, 5.41) is 2.85. The lowest BCUT2D eigenvalue weighted by atomic mass is 10.2. The normalized spacial score (nSPS) is 24.4. The summed E-state index contributed by atoms with van der Waals surface area (Å²) in [4.78, 5) is 29.5. The molecule has 118 valence electrons. The lowest BCUT2D eigenvalue weighted by Gasteiger charge is -2.21. The van der Waals surface area contributed by atoms with Gasteiger partial charge in [0.15, 0.2) is 0 Å². The molecule has 2 atom stereocenters. The number of aromatic nitrogens is 1. The maximum absolute atomic E-state index is 12.3. The van der Waals surface area contributed by atoms with Crippen molar-refractivity contribution < 1.29 is 19.1 Å². The van der Waals surface area contributed by atoms with Crippen LogP contribution in [0.5, 0.6) is 0 Å². The third kappa shape index (κ3) is 3.36. The van der Waals surface area contributed by atoms with E-state index in [-0.39, 0.29) is 18.6 Å². The minimum absolute atomic E-state index is 0.0793. The van der Waals surface area contributed by atoms with Gasteiger partial charge in [0.05, 0.1) is 12.6 Å². The summed E-state index contributed by atoms with van der Waals surface area (Å²) < 4.78 is 10.5. The molecule has 2 aliphatic rings. The molecule has 0 saturated carbocycles. The van der Waals surface area contributed by atoms with Crippen molar-refractivity contribution in [2.45, 2.75) is 31.5 Å². The number of carbonyl (C=O) groups excluding carboxylic acids is 2. The van der Waals surface area contributed by atoms with Crippen molar-refractivity contribution in [2.75, 3.05) is 19.8 Å². The van der Waals surface area contributed by atoms with E-state index in [0.717, 1.165) is 25.0 Å². The van der Waals surface area contributed by atoms with Crippen molar-refractivity contribution in [2.24, 2.45) is 0 Å². The second-order valence-corrected chi connectivity index (χ2v) is 5.46. The Morgan fingerprint density at radius 3 is 2.95 bits per heavy atom. The second kappa shape index (κ2) is 6.74. The maximum Gasteiger partial charge on any atom is 0.410 e. The molecule has 2 fully saturated rings. The third-order valence-corrected chi connectivity index (χ3v) is 3.91. The van der Waals surface area contributed by atoms with Crippen molar-refractivity contribution in [1.29, 1.82) is 0 Å². The predicted molar refractivity (Wildman–Crippen MR) is 76.9 cm³/mol. The standard InChI is InChI=1S/C15H19N3O4/c19-14(17-8-12-2-1-7-21-12)13-10-22-15(20)18(13)9-11-3-5-16-6-4-11/h3-6,12-13H,1-2,7-10H2,(H,17,19)/t12?,13-/m0/s1. The van der Waals surface area contributed by atoms with Gasteiger partial charge in [-0.15, -0.1) is 0 Å². The lowest BCUT2D eigenvalue weighted by Crippen LogP contribution is -2.47. The number of nitrogens with one attached hydrogen (secondary N) is 1. The van der Waals surface area contributed by atoms with Gasteiger partial charge in [-0.05, 0) is 30.5 Å². The van der Waals surface area contributed by atoms with E-state index in [1.807, 2.05) is 12.1 Å². The summed E-state index contributed by atoms with van der Waals surface area (Å²) in [6.07, 6.45) is 4.91. The molecule has 7 heteroatoms. The molecule has 2 saturated heterocycles. The van der Waals surface area contributed by atoms with Crippen LogP contribution in [0.2, 0.25) is 0 Å². The maximum atomic E-state index is 12.3. The van der Waals surface area contributed by atoms with Crippen LogP contribution in [0.25, 0.3) is 0 Å². The molecule has 0 aromatic carbocycles. The van der Waals surface area contributed by atoms with E-state index in [1.54, 1.807) is 12.4 Å². The number of carbonyl (C=O) groups is 2. The van der Waals surface area contributed by atoms with Gasteiger partial charge in [0, 0.05) is 25.5 Å². The Kier molecular flexibility index (Phi) is 4.53. The molecular formula is C15H19N3O4. The van der Waals surface area contributed by atoms with Crippen LogP contribution in [0.15, 0.2) is 24.5 Å². The van der Waals surface area contributed by atoms with Crippen molar-refractivity contribution >= 4 is 12.0 Å². The molecule has 0 aliphatic carbocycles. The Morgan fingerprint density at radius 1 is 1.41 bits per heavy atom. The van der Waals surface area contributed by atoms with Crippen LogP contribution < -0.4 is 5.32 Å². The number of nitrogens with zero attached hydrogens (tertiary/aromatic N) is 2. The van der Waals surface area contributed by atoms with Gasteiger partial charge < -0.3 is 14.8 Å². The lowest BCUT2D eigenvalue weighted by molar-refractivity contribution is -0.125. The van der Waals surface area contributed by atoms with Crippen molar-refractivity contribution in [1.82, 2.24) is 15.2 Å². The summed E-state index contributed by atoms with van der Waals surface area (Å²) >= 11 is 0. The molecule has 0 radical (unpaired) electrons. The van der Waals surface area contributed by atoms with Gasteiger partial charge in [0.25, 0.3) is 0 Å². The van der Waals surface area contributed by atoms with E-state index < -0.39 is 12.1 Å². The highest BCUT2D eigenvalue weighted by Crippen LogP contribution is 2.17. The highest BCUT2D eigenvalue weighted by molar-refractivity contribution is 5.87. The average Bonchev–Trinajstić information content (AvgIpc) is 3.17. The third-order valence-electron chi connectivity index (χ3n) is 3.91. The number of ether oxygens (including phenoxy) is 2. The second-order valence-electron chi connectivity index (χ2n) is 5.46. The molecule has 1 aromatic heterocycles. The minimum Gasteiger partial charge on any atom is -0.447 e. The van der Waals surface area contributed by atoms with Crippen LogP contribution in [-0.4, -0.2) is 53.8 Å². The molecule has 3 rings (SSSR count). The van der Waals surface area contributed by atoms with Crippen molar-refractivity contribution in [3.05, 3.63) is 30.1 Å². The fraction of sp³-hybridized carbons (Fsp3) is 0.533. The Balaban J connectivity index is 1.58. The first kappa shape index (κ1) is 14.8. The van der Waals surface area contributed by atoms with Crippen LogP contribution in [0.4, 0.5) is 4.79 Å². The van der Waals surface area contributed by atoms with Gasteiger partial charge in [-0.2, -0.15) is 0 Å².